The van der Waals surface area contributed by atoms with Crippen molar-refractivity contribution in [2.45, 2.75) is 30.7 Å². The molecule has 0 saturated heterocycles. The number of nitrogens with one attached hydrogen (secondary N) is 2. The summed E-state index contributed by atoms with van der Waals surface area (Å²) < 4.78 is 26.4. The van der Waals surface area contributed by atoms with E-state index in [0.717, 1.165) is 6.54 Å². The predicted octanol–water partition coefficient (Wildman–Crippen LogP) is 0.137. The Morgan fingerprint density at radius 3 is 2.79 bits per heavy atom. The van der Waals surface area contributed by atoms with E-state index < -0.39 is 15.5 Å². The highest BCUT2D eigenvalue weighted by Crippen LogP contribution is 2.25. The van der Waals surface area contributed by atoms with Gasteiger partial charge in [0, 0.05) is 37.6 Å². The third-order valence-corrected chi connectivity index (χ3v) is 4.72. The second kappa shape index (κ2) is 5.85. The number of aromatic nitrogens is 1. The molecule has 19 heavy (non-hydrogen) atoms. The SMILES string of the molecule is CCN(CCNS(=O)(=O)c1c[nH]ccc1=O)C1CC1. The third-order valence-electron chi connectivity index (χ3n) is 3.24. The smallest absolute Gasteiger partial charge is 0.245 e. The lowest BCUT2D eigenvalue weighted by Gasteiger charge is -2.19. The number of H-pyrrole nitrogens is 1. The molecule has 1 aliphatic rings. The number of sulfonamides is 1. The van der Waals surface area contributed by atoms with Gasteiger partial charge in [-0.15, -0.1) is 0 Å². The van der Waals surface area contributed by atoms with Crippen LogP contribution in [-0.4, -0.2) is 44.0 Å². The quantitative estimate of drug-likeness (QED) is 0.746. The molecule has 0 spiro atoms. The lowest BCUT2D eigenvalue weighted by Crippen LogP contribution is -2.37. The van der Waals surface area contributed by atoms with Crippen LogP contribution >= 0.6 is 0 Å². The molecule has 106 valence electrons. The van der Waals surface area contributed by atoms with Gasteiger partial charge in [0.15, 0.2) is 0 Å². The monoisotopic (exact) mass is 285 g/mol. The first-order valence-electron chi connectivity index (χ1n) is 6.45. The zero-order valence-corrected chi connectivity index (χ0v) is 11.7. The van der Waals surface area contributed by atoms with Gasteiger partial charge in [0.05, 0.1) is 0 Å². The molecular weight excluding hydrogens is 266 g/mol. The lowest BCUT2D eigenvalue weighted by atomic mass is 10.4. The van der Waals surface area contributed by atoms with E-state index in [4.69, 9.17) is 0 Å². The molecule has 0 aliphatic heterocycles. The number of pyridine rings is 1. The molecule has 1 fully saturated rings. The predicted molar refractivity (Wildman–Crippen MR) is 72.5 cm³/mol. The second-order valence-electron chi connectivity index (χ2n) is 4.63. The summed E-state index contributed by atoms with van der Waals surface area (Å²) in [7, 11) is -3.72. The van der Waals surface area contributed by atoms with E-state index in [0.29, 0.717) is 19.1 Å². The Kier molecular flexibility index (Phi) is 4.38. The van der Waals surface area contributed by atoms with Gasteiger partial charge in [-0.3, -0.25) is 9.69 Å². The van der Waals surface area contributed by atoms with Crippen molar-refractivity contribution in [2.75, 3.05) is 19.6 Å². The van der Waals surface area contributed by atoms with Crippen molar-refractivity contribution in [1.29, 1.82) is 0 Å². The minimum absolute atomic E-state index is 0.232. The van der Waals surface area contributed by atoms with Crippen molar-refractivity contribution in [2.24, 2.45) is 0 Å². The van der Waals surface area contributed by atoms with Gasteiger partial charge >= 0.3 is 0 Å². The van der Waals surface area contributed by atoms with Crippen molar-refractivity contribution < 1.29 is 8.42 Å². The molecule has 0 atom stereocenters. The van der Waals surface area contributed by atoms with Crippen LogP contribution in [0.2, 0.25) is 0 Å². The number of nitrogens with zero attached hydrogens (tertiary/aromatic N) is 1. The summed E-state index contributed by atoms with van der Waals surface area (Å²) >= 11 is 0. The Morgan fingerprint density at radius 2 is 2.21 bits per heavy atom. The second-order valence-corrected chi connectivity index (χ2v) is 6.37. The van der Waals surface area contributed by atoms with Crippen LogP contribution in [0, 0.1) is 0 Å². The molecule has 6 nitrogen and oxygen atoms in total. The number of hydrogen-bond acceptors (Lipinski definition) is 4. The van der Waals surface area contributed by atoms with Crippen molar-refractivity contribution >= 4 is 10.0 Å². The third kappa shape index (κ3) is 3.65. The Bertz CT molecular complexity index is 578. The highest BCUT2D eigenvalue weighted by molar-refractivity contribution is 7.89. The van der Waals surface area contributed by atoms with Crippen molar-refractivity contribution in [3.05, 3.63) is 28.7 Å². The van der Waals surface area contributed by atoms with E-state index in [1.807, 2.05) is 0 Å². The minimum atomic E-state index is -3.72. The van der Waals surface area contributed by atoms with Crippen molar-refractivity contribution in [3.63, 3.8) is 0 Å². The summed E-state index contributed by atoms with van der Waals surface area (Å²) in [5, 5.41) is 0. The van der Waals surface area contributed by atoms with Crippen molar-refractivity contribution in [3.8, 4) is 0 Å². The fourth-order valence-corrected chi connectivity index (χ4v) is 3.12. The summed E-state index contributed by atoms with van der Waals surface area (Å²) in [5.74, 6) is 0. The fourth-order valence-electron chi connectivity index (χ4n) is 2.05. The van der Waals surface area contributed by atoms with E-state index in [1.165, 1.54) is 31.3 Å². The van der Waals surface area contributed by atoms with Gasteiger partial charge in [-0.05, 0) is 19.4 Å². The molecule has 1 heterocycles. The molecule has 0 radical (unpaired) electrons. The first-order valence-corrected chi connectivity index (χ1v) is 7.93. The molecule has 7 heteroatoms. The van der Waals surface area contributed by atoms with Crippen LogP contribution in [0.4, 0.5) is 0 Å². The summed E-state index contributed by atoms with van der Waals surface area (Å²) in [6.07, 6.45) is 5.01. The zero-order valence-electron chi connectivity index (χ0n) is 10.9. The van der Waals surface area contributed by atoms with E-state index >= 15 is 0 Å². The van der Waals surface area contributed by atoms with Gasteiger partial charge in [-0.1, -0.05) is 6.92 Å². The topological polar surface area (TPSA) is 82.3 Å². The number of hydrogen-bond donors (Lipinski definition) is 2. The molecular formula is C12H19N3O3S. The number of likely N-dealkylation sites (N-methyl/N-ethyl adjacent to an activating group) is 1. The van der Waals surface area contributed by atoms with Gasteiger partial charge in [0.2, 0.25) is 15.5 Å². The lowest BCUT2D eigenvalue weighted by molar-refractivity contribution is 0.282. The number of aromatic amines is 1. The minimum Gasteiger partial charge on any atom is -0.366 e. The summed E-state index contributed by atoms with van der Waals surface area (Å²) in [6.45, 7) is 3.97. The number of rotatable bonds is 7. The Hall–Kier alpha value is -1.18. The van der Waals surface area contributed by atoms with E-state index in [-0.39, 0.29) is 4.90 Å². The molecule has 1 aliphatic carbocycles. The fraction of sp³-hybridized carbons (Fsp3) is 0.583. The summed E-state index contributed by atoms with van der Waals surface area (Å²) in [4.78, 5) is 16.1. The molecule has 2 rings (SSSR count). The van der Waals surface area contributed by atoms with Crippen LogP contribution in [0.1, 0.15) is 19.8 Å². The van der Waals surface area contributed by atoms with Gasteiger partial charge in [0.25, 0.3) is 0 Å². The molecule has 0 unspecified atom stereocenters. The van der Waals surface area contributed by atoms with Gasteiger partial charge in [-0.25, -0.2) is 13.1 Å². The highest BCUT2D eigenvalue weighted by atomic mass is 32.2. The maximum absolute atomic E-state index is 12.0. The molecule has 2 N–H and O–H groups in total. The molecule has 1 aromatic rings. The van der Waals surface area contributed by atoms with Crippen LogP contribution in [0.3, 0.4) is 0 Å². The van der Waals surface area contributed by atoms with Crippen LogP contribution in [-0.2, 0) is 10.0 Å². The molecule has 0 amide bonds. The Balaban J connectivity index is 1.94. The van der Waals surface area contributed by atoms with Crippen LogP contribution in [0.15, 0.2) is 28.2 Å². The maximum Gasteiger partial charge on any atom is 0.245 e. The molecule has 1 aromatic heterocycles. The normalized spacial score (nSPS) is 15.9. The highest BCUT2D eigenvalue weighted by Gasteiger charge is 2.27. The molecule has 0 aromatic carbocycles. The van der Waals surface area contributed by atoms with Gasteiger partial charge in [0.1, 0.15) is 4.90 Å². The Labute approximate surface area is 112 Å². The molecule has 0 bridgehead atoms. The van der Waals surface area contributed by atoms with Crippen LogP contribution < -0.4 is 10.2 Å². The van der Waals surface area contributed by atoms with Crippen LogP contribution in [0.25, 0.3) is 0 Å². The Morgan fingerprint density at radius 1 is 1.47 bits per heavy atom. The van der Waals surface area contributed by atoms with E-state index in [9.17, 15) is 13.2 Å². The zero-order chi connectivity index (χ0) is 13.9. The average Bonchev–Trinajstić information content (AvgIpc) is 3.19. The summed E-state index contributed by atoms with van der Waals surface area (Å²) in [6, 6.07) is 1.81. The standard InChI is InChI=1S/C12H19N3O3S/c1-2-15(10-3-4-10)8-7-14-19(17,18)12-9-13-6-5-11(12)16/h5-6,9-10,14H,2-4,7-8H2,1H3,(H,13,16). The first-order chi connectivity index (χ1) is 9.04. The van der Waals surface area contributed by atoms with Gasteiger partial charge < -0.3 is 4.98 Å². The van der Waals surface area contributed by atoms with Gasteiger partial charge in [-0.2, -0.15) is 0 Å². The average molecular weight is 285 g/mol. The largest absolute Gasteiger partial charge is 0.366 e. The molecule has 1 saturated carbocycles. The van der Waals surface area contributed by atoms with E-state index in [2.05, 4.69) is 21.5 Å². The maximum atomic E-state index is 12.0. The first kappa shape index (κ1) is 14.2. The van der Waals surface area contributed by atoms with E-state index in [1.54, 1.807) is 0 Å². The summed E-state index contributed by atoms with van der Waals surface area (Å²) in [5.41, 5.74) is -0.499. The van der Waals surface area contributed by atoms with Crippen LogP contribution in [0.5, 0.6) is 0 Å². The van der Waals surface area contributed by atoms with Crippen molar-refractivity contribution in [1.82, 2.24) is 14.6 Å².